The van der Waals surface area contributed by atoms with Gasteiger partial charge >= 0.3 is 0 Å². The van der Waals surface area contributed by atoms with Gasteiger partial charge in [0.1, 0.15) is 0 Å². The summed E-state index contributed by atoms with van der Waals surface area (Å²) >= 11 is 0. The van der Waals surface area contributed by atoms with Crippen molar-refractivity contribution in [2.45, 2.75) is 0 Å². The van der Waals surface area contributed by atoms with E-state index in [2.05, 4.69) is 241 Å². The topological polar surface area (TPSA) is 30.7 Å². The molecule has 65 heavy (non-hydrogen) atoms. The lowest BCUT2D eigenvalue weighted by Crippen LogP contribution is -1.98. The van der Waals surface area contributed by atoms with E-state index < -0.39 is 0 Å². The largest absolute Gasteiger partial charge is 0.309 e. The third-order valence-electron chi connectivity index (χ3n) is 13.1. The number of benzene rings is 11. The molecule has 0 aliphatic carbocycles. The molecule has 0 bridgehead atoms. The van der Waals surface area contributed by atoms with Gasteiger partial charge in [-0.15, -0.1) is 0 Å². The molecule has 0 unspecified atom stereocenters. The van der Waals surface area contributed by atoms with Crippen LogP contribution >= 0.6 is 0 Å². The van der Waals surface area contributed by atoms with Gasteiger partial charge in [-0.1, -0.05) is 170 Å². The number of fused-ring (bicyclic) bond motifs is 7. The maximum Gasteiger partial charge on any atom is 0.160 e. The SMILES string of the molecule is c1ccc(-c2cc3c(-c4ccc5ccccc5c4)nc(-c4ccc(-n5c6cc7ccccc7cc6c6c(-c7ccccc7)cccc65)cc4)nc3cc2-c2ccc3ccccc3c2)cc1. The van der Waals surface area contributed by atoms with Crippen LogP contribution in [0.3, 0.4) is 0 Å². The van der Waals surface area contributed by atoms with Crippen LogP contribution < -0.4 is 0 Å². The lowest BCUT2D eigenvalue weighted by molar-refractivity contribution is 1.18. The molecule has 0 atom stereocenters. The lowest BCUT2D eigenvalue weighted by Gasteiger charge is -2.16. The van der Waals surface area contributed by atoms with Gasteiger partial charge in [0.25, 0.3) is 0 Å². The standard InChI is InChI=1S/C62H39N3/c1-3-16-42(17-4-1)52-24-13-25-58-60(52)56-36-47-22-11-12-23-48(47)37-59(56)65(58)51-32-30-44(31-33-51)62-63-57-39-54(49-28-26-40-14-7-9-20-45(40)34-49)53(43-18-5-2-6-19-43)38-55(57)61(64-62)50-29-27-41-15-8-10-21-46(41)35-50/h1-39H. The molecule has 2 aromatic heterocycles. The van der Waals surface area contributed by atoms with Crippen molar-refractivity contribution in [2.75, 3.05) is 0 Å². The summed E-state index contributed by atoms with van der Waals surface area (Å²) in [4.78, 5) is 10.9. The van der Waals surface area contributed by atoms with Gasteiger partial charge in [-0.05, 0) is 132 Å². The van der Waals surface area contributed by atoms with Gasteiger partial charge < -0.3 is 4.57 Å². The summed E-state index contributed by atoms with van der Waals surface area (Å²) in [5, 5.41) is 10.7. The van der Waals surface area contributed by atoms with Gasteiger partial charge in [0, 0.05) is 33.0 Å². The van der Waals surface area contributed by atoms with Crippen LogP contribution in [0.1, 0.15) is 0 Å². The number of hydrogen-bond acceptors (Lipinski definition) is 2. The fourth-order valence-corrected chi connectivity index (χ4v) is 9.96. The molecule has 13 rings (SSSR count). The minimum atomic E-state index is 0.684. The monoisotopic (exact) mass is 825 g/mol. The number of hydrogen-bond donors (Lipinski definition) is 0. The Morgan fingerprint density at radius 1 is 0.292 bits per heavy atom. The highest BCUT2D eigenvalue weighted by atomic mass is 15.0. The van der Waals surface area contributed by atoms with E-state index in [1.165, 1.54) is 65.3 Å². The molecule has 0 fully saturated rings. The second-order valence-electron chi connectivity index (χ2n) is 17.0. The van der Waals surface area contributed by atoms with Crippen LogP contribution in [0.5, 0.6) is 0 Å². The molecule has 0 N–H and O–H groups in total. The van der Waals surface area contributed by atoms with E-state index in [1.54, 1.807) is 0 Å². The fourth-order valence-electron chi connectivity index (χ4n) is 9.96. The maximum atomic E-state index is 5.48. The van der Waals surface area contributed by atoms with Crippen molar-refractivity contribution in [1.82, 2.24) is 14.5 Å². The Balaban J connectivity index is 1.02. The van der Waals surface area contributed by atoms with Gasteiger partial charge in [-0.2, -0.15) is 0 Å². The Bertz CT molecular complexity index is 3980. The van der Waals surface area contributed by atoms with Crippen molar-refractivity contribution in [2.24, 2.45) is 0 Å². The quantitative estimate of drug-likeness (QED) is 0.167. The van der Waals surface area contributed by atoms with Crippen LogP contribution in [-0.4, -0.2) is 14.5 Å². The Morgan fingerprint density at radius 2 is 0.831 bits per heavy atom. The smallest absolute Gasteiger partial charge is 0.160 e. The van der Waals surface area contributed by atoms with E-state index in [4.69, 9.17) is 9.97 Å². The first-order valence-corrected chi connectivity index (χ1v) is 22.2. The van der Waals surface area contributed by atoms with Crippen LogP contribution in [0, 0.1) is 0 Å². The highest BCUT2D eigenvalue weighted by Crippen LogP contribution is 2.42. The molecule has 0 spiro atoms. The lowest BCUT2D eigenvalue weighted by atomic mass is 9.90. The summed E-state index contributed by atoms with van der Waals surface area (Å²) in [5.74, 6) is 0.684. The van der Waals surface area contributed by atoms with Crippen LogP contribution in [0.2, 0.25) is 0 Å². The van der Waals surface area contributed by atoms with Gasteiger partial charge in [-0.3, -0.25) is 0 Å². The summed E-state index contributed by atoms with van der Waals surface area (Å²) in [7, 11) is 0. The predicted octanol–water partition coefficient (Wildman–Crippen LogP) is 16.5. The van der Waals surface area contributed by atoms with Crippen LogP contribution in [0.25, 0.3) is 127 Å². The Morgan fingerprint density at radius 3 is 1.51 bits per heavy atom. The molecule has 2 heterocycles. The van der Waals surface area contributed by atoms with Gasteiger partial charge in [0.15, 0.2) is 5.82 Å². The molecule has 0 aliphatic rings. The van der Waals surface area contributed by atoms with E-state index in [9.17, 15) is 0 Å². The van der Waals surface area contributed by atoms with Crippen molar-refractivity contribution in [3.05, 3.63) is 237 Å². The van der Waals surface area contributed by atoms with Gasteiger partial charge in [0.05, 0.1) is 22.2 Å². The molecule has 11 aromatic carbocycles. The highest BCUT2D eigenvalue weighted by Gasteiger charge is 2.20. The molecule has 3 nitrogen and oxygen atoms in total. The molecule has 0 amide bonds. The summed E-state index contributed by atoms with van der Waals surface area (Å²) in [6.07, 6.45) is 0. The zero-order chi connectivity index (χ0) is 42.8. The molecule has 0 saturated carbocycles. The number of nitrogens with zero attached hydrogens (tertiary/aromatic N) is 3. The molecule has 0 radical (unpaired) electrons. The van der Waals surface area contributed by atoms with E-state index >= 15 is 0 Å². The van der Waals surface area contributed by atoms with Gasteiger partial charge in [-0.25, -0.2) is 9.97 Å². The van der Waals surface area contributed by atoms with Gasteiger partial charge in [0.2, 0.25) is 0 Å². The molecule has 13 aromatic rings. The fraction of sp³-hybridized carbons (Fsp3) is 0. The van der Waals surface area contributed by atoms with E-state index in [0.29, 0.717) is 5.82 Å². The van der Waals surface area contributed by atoms with Crippen molar-refractivity contribution >= 4 is 65.0 Å². The average Bonchev–Trinajstić information content (AvgIpc) is 3.70. The second kappa shape index (κ2) is 15.0. The number of rotatable bonds is 6. The third-order valence-corrected chi connectivity index (χ3v) is 13.1. The molecule has 3 heteroatoms. The first-order chi connectivity index (χ1) is 32.2. The minimum absolute atomic E-state index is 0.684. The normalized spacial score (nSPS) is 11.7. The van der Waals surface area contributed by atoms with Crippen LogP contribution in [-0.2, 0) is 0 Å². The first kappa shape index (κ1) is 36.9. The Labute approximate surface area is 376 Å². The van der Waals surface area contributed by atoms with Crippen LogP contribution in [0.15, 0.2) is 237 Å². The van der Waals surface area contributed by atoms with Crippen molar-refractivity contribution in [1.29, 1.82) is 0 Å². The van der Waals surface area contributed by atoms with Crippen molar-refractivity contribution < 1.29 is 0 Å². The number of aromatic nitrogens is 3. The van der Waals surface area contributed by atoms with E-state index in [0.717, 1.165) is 55.7 Å². The summed E-state index contributed by atoms with van der Waals surface area (Å²) in [6, 6.07) is 85.4. The Hall–Kier alpha value is -8.66. The average molecular weight is 826 g/mol. The molecule has 0 aliphatic heterocycles. The van der Waals surface area contributed by atoms with Crippen LogP contribution in [0.4, 0.5) is 0 Å². The third kappa shape index (κ3) is 6.28. The zero-order valence-corrected chi connectivity index (χ0v) is 35.4. The molecule has 0 saturated heterocycles. The molecular weight excluding hydrogens is 787 g/mol. The summed E-state index contributed by atoms with van der Waals surface area (Å²) in [5.41, 5.74) is 14.2. The van der Waals surface area contributed by atoms with Crippen molar-refractivity contribution in [3.63, 3.8) is 0 Å². The minimum Gasteiger partial charge on any atom is -0.309 e. The van der Waals surface area contributed by atoms with E-state index in [1.807, 2.05) is 0 Å². The van der Waals surface area contributed by atoms with E-state index in [-0.39, 0.29) is 0 Å². The van der Waals surface area contributed by atoms with Crippen molar-refractivity contribution in [3.8, 4) is 61.7 Å². The highest BCUT2D eigenvalue weighted by molar-refractivity contribution is 6.18. The molecular formula is C62H39N3. The first-order valence-electron chi connectivity index (χ1n) is 22.2. The summed E-state index contributed by atoms with van der Waals surface area (Å²) in [6.45, 7) is 0. The zero-order valence-electron chi connectivity index (χ0n) is 35.4. The summed E-state index contributed by atoms with van der Waals surface area (Å²) < 4.78 is 2.41. The molecule has 302 valence electrons. The Kier molecular flexibility index (Phi) is 8.53. The predicted molar refractivity (Wildman–Crippen MR) is 274 cm³/mol. The second-order valence-corrected chi connectivity index (χ2v) is 17.0. The maximum absolute atomic E-state index is 5.48.